The van der Waals surface area contributed by atoms with Crippen molar-refractivity contribution in [2.75, 3.05) is 26.2 Å². The molecule has 0 saturated carbocycles. The van der Waals surface area contributed by atoms with Crippen LogP contribution < -0.4 is 26.2 Å². The lowest BCUT2D eigenvalue weighted by Crippen LogP contribution is -2.39. The van der Waals surface area contributed by atoms with Crippen LogP contribution in [0.2, 0.25) is 0 Å². The number of amides is 2. The maximum Gasteiger partial charge on any atom is 0.632 e. The summed E-state index contributed by atoms with van der Waals surface area (Å²) in [5, 5.41) is 1.87. The van der Waals surface area contributed by atoms with Crippen LogP contribution in [0.5, 0.6) is 11.5 Å². The van der Waals surface area contributed by atoms with Crippen molar-refractivity contribution in [3.8, 4) is 11.5 Å². The molecule has 0 unspecified atom stereocenters. The van der Waals surface area contributed by atoms with Gasteiger partial charge in [-0.3, -0.25) is 9.59 Å². The van der Waals surface area contributed by atoms with Crippen LogP contribution in [0, 0.1) is 0 Å². The van der Waals surface area contributed by atoms with E-state index in [1.807, 2.05) is 70.5 Å². The molecule has 0 spiro atoms. The lowest BCUT2D eigenvalue weighted by molar-refractivity contribution is -0.126. The number of carbonyl (C=O) groups is 2. The molecule has 268 valence electrons. The number of rotatable bonds is 8. The second-order valence-corrected chi connectivity index (χ2v) is 14.5. The third-order valence-electron chi connectivity index (χ3n) is 11.2. The van der Waals surface area contributed by atoms with Gasteiger partial charge in [-0.1, -0.05) is 84.9 Å². The molecular weight excluding hydrogens is 659 g/mol. The third kappa shape index (κ3) is 7.45. The number of nitrogens with two attached hydrogens (primary N) is 2. The number of hydrogen-bond acceptors (Lipinski definition) is 6. The predicted molar refractivity (Wildman–Crippen MR) is 211 cm³/mol. The first-order chi connectivity index (χ1) is 25.9. The molecule has 0 atom stereocenters. The van der Waals surface area contributed by atoms with Crippen molar-refractivity contribution in [3.63, 3.8) is 0 Å². The monoisotopic (exact) mass is 704 g/mol. The first-order valence-electron chi connectivity index (χ1n) is 18.8. The lowest BCUT2D eigenvalue weighted by atomic mass is 9.78. The normalized spacial score (nSPS) is 16.5. The summed E-state index contributed by atoms with van der Waals surface area (Å²) in [6, 6.07) is 34.6. The number of piperidine rings is 2. The van der Waals surface area contributed by atoms with E-state index in [0.717, 1.165) is 71.7 Å². The molecule has 5 aromatic carbocycles. The first kappa shape index (κ1) is 34.7. The highest BCUT2D eigenvalue weighted by Crippen LogP contribution is 2.36. The fraction of sp³-hybridized carbons (Fsp3) is 0.273. The molecule has 53 heavy (non-hydrogen) atoms. The van der Waals surface area contributed by atoms with Crippen LogP contribution in [-0.4, -0.2) is 54.9 Å². The Bertz CT molecular complexity index is 2170. The summed E-state index contributed by atoms with van der Waals surface area (Å²) >= 11 is 0. The zero-order valence-electron chi connectivity index (χ0n) is 30.0. The Labute approximate surface area is 311 Å². The molecule has 5 aromatic rings. The lowest BCUT2D eigenvalue weighted by Gasteiger charge is -2.32. The van der Waals surface area contributed by atoms with E-state index in [0.29, 0.717) is 55.1 Å². The second kappa shape index (κ2) is 15.3. The van der Waals surface area contributed by atoms with E-state index in [2.05, 4.69) is 48.5 Å². The van der Waals surface area contributed by atoms with E-state index in [4.69, 9.17) is 20.8 Å². The standard InChI is InChI=1S/C44H45BN4O4/c46-28-31-4-1-7-36(24-31)33-16-20-48(21-17-33)43(50)15-11-30-10-14-41-42(26-30)53-45(52-41)38-13-12-35-6-3-9-39(40(35)27-38)44(51)49-22-18-34(19-23-49)37-8-2-5-32(25-37)29-47/h1-15,24-27,33-34H,16-23,28-29,46-47H2. The predicted octanol–water partition coefficient (Wildman–Crippen LogP) is 6.36. The highest BCUT2D eigenvalue weighted by molar-refractivity contribution is 6.64. The van der Waals surface area contributed by atoms with Crippen molar-refractivity contribution in [2.24, 2.45) is 11.5 Å². The summed E-state index contributed by atoms with van der Waals surface area (Å²) in [5.41, 5.74) is 19.0. The van der Waals surface area contributed by atoms with Gasteiger partial charge < -0.3 is 30.6 Å². The van der Waals surface area contributed by atoms with Gasteiger partial charge in [-0.15, -0.1) is 0 Å². The summed E-state index contributed by atoms with van der Waals surface area (Å²) < 4.78 is 12.5. The minimum atomic E-state index is -0.648. The van der Waals surface area contributed by atoms with Crippen molar-refractivity contribution in [2.45, 2.75) is 50.6 Å². The summed E-state index contributed by atoms with van der Waals surface area (Å²) in [5.74, 6) is 2.19. The van der Waals surface area contributed by atoms with Crippen molar-refractivity contribution in [3.05, 3.63) is 143 Å². The minimum Gasteiger partial charge on any atom is -0.519 e. The number of benzene rings is 5. The summed E-state index contributed by atoms with van der Waals surface area (Å²) in [7, 11) is -0.648. The average Bonchev–Trinajstić information content (AvgIpc) is 3.66. The Morgan fingerprint density at radius 1 is 0.679 bits per heavy atom. The third-order valence-corrected chi connectivity index (χ3v) is 11.2. The highest BCUT2D eigenvalue weighted by atomic mass is 16.6. The number of fused-ring (bicyclic) bond motifs is 2. The minimum absolute atomic E-state index is 0.0119. The van der Waals surface area contributed by atoms with E-state index < -0.39 is 7.12 Å². The molecule has 2 saturated heterocycles. The number of nitrogens with zero attached hydrogens (tertiary/aromatic N) is 2. The van der Waals surface area contributed by atoms with Gasteiger partial charge in [0.1, 0.15) is 11.5 Å². The van der Waals surface area contributed by atoms with Crippen molar-refractivity contribution < 1.29 is 18.9 Å². The summed E-state index contributed by atoms with van der Waals surface area (Å²) in [4.78, 5) is 30.9. The van der Waals surface area contributed by atoms with Gasteiger partial charge in [0.05, 0.1) is 0 Å². The molecule has 4 N–H and O–H groups in total. The van der Waals surface area contributed by atoms with E-state index in [9.17, 15) is 9.59 Å². The van der Waals surface area contributed by atoms with Crippen LogP contribution in [0.1, 0.15) is 75.7 Å². The Balaban J connectivity index is 0.899. The highest BCUT2D eigenvalue weighted by Gasteiger charge is 2.35. The second-order valence-electron chi connectivity index (χ2n) is 14.5. The largest absolute Gasteiger partial charge is 0.632 e. The maximum absolute atomic E-state index is 13.9. The van der Waals surface area contributed by atoms with Crippen molar-refractivity contribution in [1.29, 1.82) is 0 Å². The molecule has 2 amide bonds. The molecule has 9 heteroatoms. The van der Waals surface area contributed by atoms with Gasteiger partial charge in [0.2, 0.25) is 5.91 Å². The molecular formula is C44H45BN4O4. The van der Waals surface area contributed by atoms with Crippen molar-refractivity contribution >= 4 is 41.2 Å². The SMILES string of the molecule is NCc1cccc(C2CCN(C(=O)C=Cc3ccc4c(c3)OB(c3ccc5cccc(C(=O)N6CCC(c7cccc(CN)c7)CC6)c5c3)O4)CC2)c1. The topological polar surface area (TPSA) is 111 Å². The summed E-state index contributed by atoms with van der Waals surface area (Å²) in [6.45, 7) is 3.95. The van der Waals surface area contributed by atoms with E-state index in [1.54, 1.807) is 6.08 Å². The van der Waals surface area contributed by atoms with E-state index >= 15 is 0 Å². The quantitative estimate of drug-likeness (QED) is 0.144. The Morgan fingerprint density at radius 3 is 1.96 bits per heavy atom. The molecule has 8 nitrogen and oxygen atoms in total. The molecule has 3 aliphatic rings. The molecule has 3 heterocycles. The Hall–Kier alpha value is -5.38. The van der Waals surface area contributed by atoms with Gasteiger partial charge in [0, 0.05) is 56.4 Å². The molecule has 0 aromatic heterocycles. The van der Waals surface area contributed by atoms with Gasteiger partial charge in [-0.2, -0.15) is 0 Å². The van der Waals surface area contributed by atoms with Crippen LogP contribution in [0.15, 0.2) is 109 Å². The number of hydrogen-bond donors (Lipinski definition) is 2. The fourth-order valence-electron chi connectivity index (χ4n) is 8.07. The molecule has 0 aliphatic carbocycles. The van der Waals surface area contributed by atoms with Gasteiger partial charge in [-0.25, -0.2) is 0 Å². The van der Waals surface area contributed by atoms with Crippen LogP contribution >= 0.6 is 0 Å². The van der Waals surface area contributed by atoms with E-state index in [1.165, 1.54) is 11.1 Å². The zero-order chi connectivity index (χ0) is 36.3. The zero-order valence-corrected chi connectivity index (χ0v) is 30.0. The smallest absolute Gasteiger partial charge is 0.519 e. The maximum atomic E-state index is 13.9. The first-order valence-corrected chi connectivity index (χ1v) is 18.8. The van der Waals surface area contributed by atoms with Gasteiger partial charge in [0.15, 0.2) is 0 Å². The van der Waals surface area contributed by atoms with Crippen LogP contribution in [0.4, 0.5) is 0 Å². The number of likely N-dealkylation sites (tertiary alicyclic amines) is 2. The van der Waals surface area contributed by atoms with Crippen LogP contribution in [0.3, 0.4) is 0 Å². The summed E-state index contributed by atoms with van der Waals surface area (Å²) in [6.07, 6.45) is 7.21. The van der Waals surface area contributed by atoms with Crippen LogP contribution in [0.25, 0.3) is 16.8 Å². The molecule has 0 bridgehead atoms. The van der Waals surface area contributed by atoms with Gasteiger partial charge >= 0.3 is 7.12 Å². The Kier molecular flexibility index (Phi) is 10.0. The molecule has 3 aliphatic heterocycles. The van der Waals surface area contributed by atoms with E-state index in [-0.39, 0.29) is 11.8 Å². The fourth-order valence-corrected chi connectivity index (χ4v) is 8.07. The molecule has 2 fully saturated rings. The van der Waals surface area contributed by atoms with Crippen molar-refractivity contribution in [1.82, 2.24) is 9.80 Å². The Morgan fingerprint density at radius 2 is 1.30 bits per heavy atom. The molecule has 0 radical (unpaired) electrons. The van der Waals surface area contributed by atoms with Crippen LogP contribution in [-0.2, 0) is 17.9 Å². The number of carbonyl (C=O) groups excluding carboxylic acids is 2. The van der Waals surface area contributed by atoms with Gasteiger partial charge in [-0.05, 0) is 100 Å². The van der Waals surface area contributed by atoms with Gasteiger partial charge in [0.25, 0.3) is 5.91 Å². The average molecular weight is 705 g/mol. The molecule has 8 rings (SSSR count).